The molecule has 1 amide bonds. The number of benzene rings is 2. The molecule has 1 aromatic heterocycles. The molecule has 1 aliphatic rings. The smallest absolute Gasteiger partial charge is 0.246 e. The zero-order valence-corrected chi connectivity index (χ0v) is 15.3. The zero-order valence-electron chi connectivity index (χ0n) is 15.3. The van der Waals surface area contributed by atoms with Gasteiger partial charge >= 0.3 is 0 Å². The van der Waals surface area contributed by atoms with Gasteiger partial charge in [0.25, 0.3) is 0 Å². The number of rotatable bonds is 4. The Labute approximate surface area is 158 Å². The summed E-state index contributed by atoms with van der Waals surface area (Å²) in [6.07, 6.45) is 5.20. The Bertz CT molecular complexity index is 935. The second-order valence-electron chi connectivity index (χ2n) is 6.73. The lowest BCUT2D eigenvalue weighted by atomic mass is 9.96. The minimum atomic E-state index is 0.0360. The van der Waals surface area contributed by atoms with Gasteiger partial charge in [-0.3, -0.25) is 4.79 Å². The summed E-state index contributed by atoms with van der Waals surface area (Å²) in [4.78, 5) is 19.0. The second-order valence-corrected chi connectivity index (χ2v) is 6.73. The Hall–Kier alpha value is -3.08. The summed E-state index contributed by atoms with van der Waals surface area (Å²) in [6, 6.07) is 15.5. The van der Waals surface area contributed by atoms with E-state index in [2.05, 4.69) is 4.98 Å². The topological polar surface area (TPSA) is 55.6 Å². The summed E-state index contributed by atoms with van der Waals surface area (Å²) in [7, 11) is 1.63. The van der Waals surface area contributed by atoms with Crippen molar-refractivity contribution in [3.05, 3.63) is 66.1 Å². The summed E-state index contributed by atoms with van der Waals surface area (Å²) < 4.78 is 11.1. The van der Waals surface area contributed by atoms with Gasteiger partial charge in [-0.2, -0.15) is 0 Å². The van der Waals surface area contributed by atoms with Crippen LogP contribution in [-0.4, -0.2) is 36.0 Å². The van der Waals surface area contributed by atoms with Crippen LogP contribution in [-0.2, 0) is 4.79 Å². The number of likely N-dealkylation sites (tertiary alicyclic amines) is 1. The van der Waals surface area contributed by atoms with Gasteiger partial charge in [-0.05, 0) is 48.7 Å². The molecule has 3 aromatic rings. The van der Waals surface area contributed by atoms with Crippen molar-refractivity contribution in [2.75, 3.05) is 20.2 Å². The summed E-state index contributed by atoms with van der Waals surface area (Å²) >= 11 is 0. The van der Waals surface area contributed by atoms with Gasteiger partial charge in [0.05, 0.1) is 7.11 Å². The van der Waals surface area contributed by atoms with Crippen LogP contribution in [0, 0.1) is 0 Å². The molecule has 2 heterocycles. The molecule has 0 saturated carbocycles. The molecule has 0 unspecified atom stereocenters. The van der Waals surface area contributed by atoms with Gasteiger partial charge < -0.3 is 14.1 Å². The number of ether oxygens (including phenoxy) is 1. The van der Waals surface area contributed by atoms with Gasteiger partial charge in [0.15, 0.2) is 11.5 Å². The number of nitrogens with zero attached hydrogens (tertiary/aromatic N) is 2. The average Bonchev–Trinajstić information content (AvgIpc) is 3.16. The number of fused-ring (bicyclic) bond motifs is 1. The molecule has 2 aromatic carbocycles. The number of piperidine rings is 1. The van der Waals surface area contributed by atoms with Gasteiger partial charge in [-0.1, -0.05) is 24.3 Å². The monoisotopic (exact) mass is 362 g/mol. The molecule has 1 fully saturated rings. The Morgan fingerprint density at radius 3 is 2.78 bits per heavy atom. The molecular formula is C22H22N2O3. The summed E-state index contributed by atoms with van der Waals surface area (Å²) in [5.41, 5.74) is 2.67. The summed E-state index contributed by atoms with van der Waals surface area (Å²) in [5, 5.41) is 0. The fraction of sp³-hybridized carbons (Fsp3) is 0.273. The van der Waals surface area contributed by atoms with E-state index in [4.69, 9.17) is 9.15 Å². The zero-order chi connectivity index (χ0) is 18.6. The van der Waals surface area contributed by atoms with E-state index in [0.29, 0.717) is 13.1 Å². The van der Waals surface area contributed by atoms with Gasteiger partial charge in [0.1, 0.15) is 11.3 Å². The first-order valence-corrected chi connectivity index (χ1v) is 9.19. The van der Waals surface area contributed by atoms with Crippen LogP contribution in [0.15, 0.2) is 59.0 Å². The molecule has 0 N–H and O–H groups in total. The van der Waals surface area contributed by atoms with Crippen molar-refractivity contribution >= 4 is 23.1 Å². The van der Waals surface area contributed by atoms with Crippen molar-refractivity contribution in [2.45, 2.75) is 18.8 Å². The fourth-order valence-electron chi connectivity index (χ4n) is 3.43. The van der Waals surface area contributed by atoms with Gasteiger partial charge in [0, 0.05) is 25.1 Å². The predicted octanol–water partition coefficient (Wildman–Crippen LogP) is 4.26. The Morgan fingerprint density at radius 1 is 1.19 bits per heavy atom. The van der Waals surface area contributed by atoms with Crippen LogP contribution in [0.3, 0.4) is 0 Å². The number of oxazole rings is 1. The molecule has 27 heavy (non-hydrogen) atoms. The van der Waals surface area contributed by atoms with E-state index in [9.17, 15) is 4.79 Å². The lowest BCUT2D eigenvalue weighted by Crippen LogP contribution is -2.36. The van der Waals surface area contributed by atoms with E-state index in [1.165, 1.54) is 0 Å². The van der Waals surface area contributed by atoms with Crippen LogP contribution in [0.2, 0.25) is 0 Å². The lowest BCUT2D eigenvalue weighted by molar-refractivity contribution is -0.127. The van der Waals surface area contributed by atoms with Crippen LogP contribution in [0.25, 0.3) is 17.2 Å². The number of aromatic nitrogens is 1. The molecule has 0 aliphatic carbocycles. The number of hydrogen-bond donors (Lipinski definition) is 0. The predicted molar refractivity (Wildman–Crippen MR) is 105 cm³/mol. The van der Waals surface area contributed by atoms with E-state index in [1.54, 1.807) is 13.2 Å². The van der Waals surface area contributed by atoms with E-state index in [0.717, 1.165) is 41.1 Å². The molecule has 0 atom stereocenters. The van der Waals surface area contributed by atoms with Gasteiger partial charge in [-0.25, -0.2) is 4.98 Å². The van der Waals surface area contributed by atoms with Gasteiger partial charge in [-0.15, -0.1) is 0 Å². The molecular weight excluding hydrogens is 340 g/mol. The quantitative estimate of drug-likeness (QED) is 0.651. The first kappa shape index (κ1) is 17.3. The van der Waals surface area contributed by atoms with Crippen molar-refractivity contribution < 1.29 is 13.9 Å². The third-order valence-corrected chi connectivity index (χ3v) is 4.98. The number of amides is 1. The van der Waals surface area contributed by atoms with Crippen molar-refractivity contribution in [3.63, 3.8) is 0 Å². The van der Waals surface area contributed by atoms with Crippen LogP contribution in [0.1, 0.15) is 30.2 Å². The van der Waals surface area contributed by atoms with E-state index < -0.39 is 0 Å². The molecule has 5 heteroatoms. The fourth-order valence-corrected chi connectivity index (χ4v) is 3.43. The molecule has 138 valence electrons. The van der Waals surface area contributed by atoms with Gasteiger partial charge in [0.2, 0.25) is 5.91 Å². The highest BCUT2D eigenvalue weighted by atomic mass is 16.5. The number of carbonyl (C=O) groups excluding carboxylic acids is 1. The van der Waals surface area contributed by atoms with Crippen molar-refractivity contribution in [1.29, 1.82) is 0 Å². The summed E-state index contributed by atoms with van der Waals surface area (Å²) in [6.45, 7) is 1.43. The maximum Gasteiger partial charge on any atom is 0.246 e. The molecule has 5 nitrogen and oxygen atoms in total. The Morgan fingerprint density at radius 2 is 2.00 bits per heavy atom. The Balaban J connectivity index is 1.36. The van der Waals surface area contributed by atoms with Crippen LogP contribution < -0.4 is 4.74 Å². The minimum Gasteiger partial charge on any atom is -0.497 e. The highest BCUT2D eigenvalue weighted by molar-refractivity contribution is 5.91. The first-order valence-electron chi connectivity index (χ1n) is 9.19. The third kappa shape index (κ3) is 3.87. The second kappa shape index (κ2) is 7.66. The summed E-state index contributed by atoms with van der Waals surface area (Å²) in [5.74, 6) is 1.87. The number of hydrogen-bond acceptors (Lipinski definition) is 4. The van der Waals surface area contributed by atoms with E-state index in [1.807, 2.05) is 59.5 Å². The largest absolute Gasteiger partial charge is 0.497 e. The first-order chi connectivity index (χ1) is 13.2. The third-order valence-electron chi connectivity index (χ3n) is 4.98. The Kier molecular flexibility index (Phi) is 4.92. The minimum absolute atomic E-state index is 0.0360. The number of methoxy groups -OCH3 is 1. The molecule has 1 saturated heterocycles. The maximum absolute atomic E-state index is 12.5. The van der Waals surface area contributed by atoms with Crippen molar-refractivity contribution in [1.82, 2.24) is 9.88 Å². The average molecular weight is 362 g/mol. The number of para-hydroxylation sites is 2. The molecule has 1 aliphatic heterocycles. The van der Waals surface area contributed by atoms with Crippen LogP contribution >= 0.6 is 0 Å². The molecule has 0 spiro atoms. The van der Waals surface area contributed by atoms with E-state index in [-0.39, 0.29) is 11.8 Å². The van der Waals surface area contributed by atoms with E-state index >= 15 is 0 Å². The SMILES string of the molecule is COc1cccc(/C=C/C(=O)N2CCC(c3nc4ccccc4o3)CC2)c1. The number of carbonyl (C=O) groups is 1. The molecule has 4 rings (SSSR count). The van der Waals surface area contributed by atoms with Crippen LogP contribution in [0.5, 0.6) is 5.75 Å². The lowest BCUT2D eigenvalue weighted by Gasteiger charge is -2.29. The normalized spacial score (nSPS) is 15.5. The standard InChI is InChI=1S/C22H22N2O3/c1-26-18-6-4-5-16(15-18)9-10-21(25)24-13-11-17(12-14-24)22-23-19-7-2-3-8-20(19)27-22/h2-10,15,17H,11-14H2,1H3/b10-9+. The molecule has 0 bridgehead atoms. The highest BCUT2D eigenvalue weighted by Crippen LogP contribution is 2.30. The van der Waals surface area contributed by atoms with Crippen molar-refractivity contribution in [3.8, 4) is 5.75 Å². The van der Waals surface area contributed by atoms with Crippen LogP contribution in [0.4, 0.5) is 0 Å². The molecule has 0 radical (unpaired) electrons. The maximum atomic E-state index is 12.5. The van der Waals surface area contributed by atoms with Crippen molar-refractivity contribution in [2.24, 2.45) is 0 Å². The highest BCUT2D eigenvalue weighted by Gasteiger charge is 2.26.